The highest BCUT2D eigenvalue weighted by Crippen LogP contribution is 2.25. The van der Waals surface area contributed by atoms with Crippen LogP contribution in [0.2, 0.25) is 0 Å². The summed E-state index contributed by atoms with van der Waals surface area (Å²) in [6, 6.07) is 1.48. The van der Waals surface area contributed by atoms with E-state index in [2.05, 4.69) is 10.7 Å². The van der Waals surface area contributed by atoms with E-state index >= 15 is 0 Å². The molecule has 1 fully saturated rings. The van der Waals surface area contributed by atoms with Gasteiger partial charge in [-0.3, -0.25) is 9.78 Å². The minimum Gasteiger partial charge on any atom is -0.506 e. The predicted octanol–water partition coefficient (Wildman–Crippen LogP) is 2.74. The van der Waals surface area contributed by atoms with Crippen molar-refractivity contribution in [3.05, 3.63) is 24.0 Å². The molecular formula is C20H33F3N4O3. The number of nitrogens with zero attached hydrogens (tertiary/aromatic N) is 2. The Bertz CT molecular complexity index is 609. The van der Waals surface area contributed by atoms with E-state index in [1.165, 1.54) is 57.6 Å². The number of hydrogen-bond donors (Lipinski definition) is 3. The Morgan fingerprint density at radius 3 is 2.33 bits per heavy atom. The van der Waals surface area contributed by atoms with Gasteiger partial charge in [-0.25, -0.2) is 0 Å². The van der Waals surface area contributed by atoms with Crippen molar-refractivity contribution >= 4 is 12.2 Å². The molecule has 0 aromatic carbocycles. The SMILES string of the molecule is CCN(CC1CCCCC1)C(=O)c1cncc(O)c1.CNCC(F)(F)F.NCC=O. The van der Waals surface area contributed by atoms with E-state index < -0.39 is 12.7 Å². The maximum Gasteiger partial charge on any atom is 0.401 e. The summed E-state index contributed by atoms with van der Waals surface area (Å²) in [5.41, 5.74) is 5.13. The predicted molar refractivity (Wildman–Crippen MR) is 109 cm³/mol. The fraction of sp³-hybridized carbons (Fsp3) is 0.650. The summed E-state index contributed by atoms with van der Waals surface area (Å²) in [5.74, 6) is 0.638. The van der Waals surface area contributed by atoms with Gasteiger partial charge in [0, 0.05) is 25.8 Å². The molecule has 1 heterocycles. The third-order valence-electron chi connectivity index (χ3n) is 4.32. The monoisotopic (exact) mass is 434 g/mol. The van der Waals surface area contributed by atoms with Gasteiger partial charge >= 0.3 is 6.18 Å². The molecule has 30 heavy (non-hydrogen) atoms. The quantitative estimate of drug-likeness (QED) is 0.594. The Morgan fingerprint density at radius 1 is 1.33 bits per heavy atom. The average molecular weight is 435 g/mol. The first kappa shape index (κ1) is 27.8. The van der Waals surface area contributed by atoms with Crippen molar-refractivity contribution in [2.24, 2.45) is 11.7 Å². The van der Waals surface area contributed by atoms with Crippen LogP contribution in [0.5, 0.6) is 5.75 Å². The number of pyridine rings is 1. The van der Waals surface area contributed by atoms with Gasteiger partial charge in [-0.05, 0) is 38.8 Å². The van der Waals surface area contributed by atoms with E-state index in [1.54, 1.807) is 0 Å². The number of rotatable bonds is 6. The van der Waals surface area contributed by atoms with Gasteiger partial charge in [0.2, 0.25) is 0 Å². The van der Waals surface area contributed by atoms with E-state index in [0.29, 0.717) is 24.3 Å². The maximum atomic E-state index is 12.4. The van der Waals surface area contributed by atoms with Crippen LogP contribution in [0, 0.1) is 5.92 Å². The van der Waals surface area contributed by atoms with Crippen molar-refractivity contribution < 1.29 is 27.9 Å². The molecule has 2 rings (SSSR count). The van der Waals surface area contributed by atoms with E-state index in [-0.39, 0.29) is 18.2 Å². The van der Waals surface area contributed by atoms with E-state index in [0.717, 1.165) is 6.54 Å². The second kappa shape index (κ2) is 15.6. The molecule has 0 atom stereocenters. The summed E-state index contributed by atoms with van der Waals surface area (Å²) < 4.78 is 33.0. The van der Waals surface area contributed by atoms with Gasteiger partial charge in [0.15, 0.2) is 0 Å². The second-order valence-corrected chi connectivity index (χ2v) is 6.83. The minimum atomic E-state index is -4.06. The molecule has 7 nitrogen and oxygen atoms in total. The van der Waals surface area contributed by atoms with Crippen molar-refractivity contribution in [2.45, 2.75) is 45.2 Å². The first-order valence-electron chi connectivity index (χ1n) is 9.96. The highest BCUT2D eigenvalue weighted by molar-refractivity contribution is 5.94. The molecule has 1 aliphatic carbocycles. The number of halogens is 3. The molecule has 0 aliphatic heterocycles. The number of nitrogens with two attached hydrogens (primary N) is 1. The van der Waals surface area contributed by atoms with Crippen LogP contribution in [-0.4, -0.2) is 66.6 Å². The number of aldehydes is 1. The number of aromatic nitrogens is 1. The molecule has 0 bridgehead atoms. The number of carbonyl (C=O) groups is 2. The summed E-state index contributed by atoms with van der Waals surface area (Å²) in [7, 11) is 1.26. The lowest BCUT2D eigenvalue weighted by Gasteiger charge is -2.29. The summed E-state index contributed by atoms with van der Waals surface area (Å²) in [5, 5.41) is 11.4. The van der Waals surface area contributed by atoms with Gasteiger partial charge < -0.3 is 25.9 Å². The maximum absolute atomic E-state index is 12.4. The molecule has 10 heteroatoms. The molecular weight excluding hydrogens is 401 g/mol. The lowest BCUT2D eigenvalue weighted by molar-refractivity contribution is -0.123. The number of hydrogen-bond acceptors (Lipinski definition) is 6. The standard InChI is InChI=1S/C15H22N2O2.C3H6F3N.C2H5NO/c1-2-17(11-12-6-4-3-5-7-12)15(19)13-8-14(18)10-16-9-13;1-7-2-3(4,5)6;3-1-2-4/h8-10,12,18H,2-7,11H2,1H3;7H,2H2,1H3;2H,1,3H2. The molecule has 1 saturated carbocycles. The average Bonchev–Trinajstić information content (AvgIpc) is 2.72. The van der Waals surface area contributed by atoms with E-state index in [1.807, 2.05) is 17.1 Å². The Labute approximate surface area is 175 Å². The van der Waals surface area contributed by atoms with Crippen molar-refractivity contribution in [3.63, 3.8) is 0 Å². The van der Waals surface area contributed by atoms with Crippen LogP contribution in [0.25, 0.3) is 0 Å². The molecule has 172 valence electrons. The Morgan fingerprint density at radius 2 is 1.93 bits per heavy atom. The number of alkyl halides is 3. The van der Waals surface area contributed by atoms with Crippen LogP contribution < -0.4 is 11.1 Å². The lowest BCUT2D eigenvalue weighted by atomic mass is 9.89. The molecule has 0 unspecified atom stereocenters. The summed E-state index contributed by atoms with van der Waals surface area (Å²) in [6.45, 7) is 2.75. The Hall–Kier alpha value is -2.20. The number of aromatic hydroxyl groups is 1. The first-order valence-corrected chi connectivity index (χ1v) is 9.96. The van der Waals surface area contributed by atoms with Crippen LogP contribution >= 0.6 is 0 Å². The highest BCUT2D eigenvalue weighted by atomic mass is 19.4. The fourth-order valence-electron chi connectivity index (χ4n) is 2.96. The van der Waals surface area contributed by atoms with Crippen molar-refractivity contribution in [2.75, 3.05) is 33.2 Å². The van der Waals surface area contributed by atoms with Crippen molar-refractivity contribution in [3.8, 4) is 5.75 Å². The zero-order valence-corrected chi connectivity index (χ0v) is 17.6. The highest BCUT2D eigenvalue weighted by Gasteiger charge is 2.25. The Kier molecular flexibility index (Phi) is 14.5. The number of carbonyl (C=O) groups excluding carboxylic acids is 2. The lowest BCUT2D eigenvalue weighted by Crippen LogP contribution is -2.35. The van der Waals surface area contributed by atoms with Crippen LogP contribution in [0.1, 0.15) is 49.4 Å². The Balaban J connectivity index is 0.000000636. The van der Waals surface area contributed by atoms with Gasteiger partial charge in [-0.1, -0.05) is 19.3 Å². The van der Waals surface area contributed by atoms with Gasteiger partial charge in [0.1, 0.15) is 12.0 Å². The molecule has 0 spiro atoms. The van der Waals surface area contributed by atoms with Crippen LogP contribution in [0.3, 0.4) is 0 Å². The van der Waals surface area contributed by atoms with Crippen molar-refractivity contribution in [1.82, 2.24) is 15.2 Å². The minimum absolute atomic E-state index is 0.0310. The summed E-state index contributed by atoms with van der Waals surface area (Å²) in [4.78, 5) is 27.2. The molecule has 0 radical (unpaired) electrons. The summed E-state index contributed by atoms with van der Waals surface area (Å²) in [6.07, 6.45) is 5.79. The topological polar surface area (TPSA) is 109 Å². The van der Waals surface area contributed by atoms with Gasteiger partial charge in [-0.15, -0.1) is 0 Å². The van der Waals surface area contributed by atoms with Crippen LogP contribution in [-0.2, 0) is 4.79 Å². The molecule has 1 aromatic rings. The van der Waals surface area contributed by atoms with Gasteiger partial charge in [0.05, 0.1) is 18.3 Å². The first-order chi connectivity index (χ1) is 14.2. The van der Waals surface area contributed by atoms with E-state index in [9.17, 15) is 23.1 Å². The van der Waals surface area contributed by atoms with E-state index in [4.69, 9.17) is 4.79 Å². The van der Waals surface area contributed by atoms with Gasteiger partial charge in [0.25, 0.3) is 5.91 Å². The normalized spacial score (nSPS) is 13.9. The zero-order valence-electron chi connectivity index (χ0n) is 17.6. The fourth-order valence-corrected chi connectivity index (χ4v) is 2.96. The van der Waals surface area contributed by atoms with Crippen LogP contribution in [0.4, 0.5) is 13.2 Å². The summed E-state index contributed by atoms with van der Waals surface area (Å²) >= 11 is 0. The second-order valence-electron chi connectivity index (χ2n) is 6.83. The third-order valence-corrected chi connectivity index (χ3v) is 4.32. The number of amides is 1. The largest absolute Gasteiger partial charge is 0.506 e. The molecule has 1 amide bonds. The molecule has 4 N–H and O–H groups in total. The van der Waals surface area contributed by atoms with Crippen molar-refractivity contribution in [1.29, 1.82) is 0 Å². The molecule has 1 aromatic heterocycles. The van der Waals surface area contributed by atoms with Crippen LogP contribution in [0.15, 0.2) is 18.5 Å². The number of nitrogens with one attached hydrogen (secondary N) is 1. The molecule has 0 saturated heterocycles. The third kappa shape index (κ3) is 13.1. The molecule has 1 aliphatic rings. The zero-order chi connectivity index (χ0) is 23.0. The smallest absolute Gasteiger partial charge is 0.401 e. The van der Waals surface area contributed by atoms with Gasteiger partial charge in [-0.2, -0.15) is 13.2 Å².